The van der Waals surface area contributed by atoms with Crippen molar-refractivity contribution >= 4 is 11.5 Å². The van der Waals surface area contributed by atoms with Gasteiger partial charge in [0.2, 0.25) is 0 Å². The third kappa shape index (κ3) is 3.75. The maximum absolute atomic E-state index is 14.8. The topological polar surface area (TPSA) is 58.1 Å². The molecule has 148 valence electrons. The number of amidine groups is 1. The quantitative estimate of drug-likeness (QED) is 0.818. The predicted octanol–water partition coefficient (Wildman–Crippen LogP) is 2.81. The van der Waals surface area contributed by atoms with Crippen LogP contribution < -0.4 is 20.1 Å². The molecular formula is C21H25FN4O2. The fourth-order valence-corrected chi connectivity index (χ4v) is 3.66. The van der Waals surface area contributed by atoms with Gasteiger partial charge in [0.1, 0.15) is 0 Å². The molecule has 0 atom stereocenters. The molecule has 7 heteroatoms. The second kappa shape index (κ2) is 8.06. The van der Waals surface area contributed by atoms with Gasteiger partial charge in [-0.05, 0) is 50.2 Å². The van der Waals surface area contributed by atoms with Crippen LogP contribution in [0.15, 0.2) is 53.1 Å². The molecule has 0 aromatic heterocycles. The Labute approximate surface area is 164 Å². The van der Waals surface area contributed by atoms with Crippen molar-refractivity contribution in [1.29, 1.82) is 0 Å². The number of nitrogens with zero attached hydrogens (tertiary/aromatic N) is 2. The van der Waals surface area contributed by atoms with E-state index in [1.54, 1.807) is 14.2 Å². The van der Waals surface area contributed by atoms with Gasteiger partial charge in [-0.15, -0.1) is 0 Å². The van der Waals surface area contributed by atoms with E-state index in [0.29, 0.717) is 29.9 Å². The normalized spacial score (nSPS) is 19.8. The average molecular weight is 384 g/mol. The average Bonchev–Trinajstić information content (AvgIpc) is 2.74. The molecule has 0 spiro atoms. The second-order valence-corrected chi connectivity index (χ2v) is 6.99. The van der Waals surface area contributed by atoms with E-state index in [1.807, 2.05) is 35.4 Å². The molecule has 1 aromatic carbocycles. The van der Waals surface area contributed by atoms with Crippen molar-refractivity contribution < 1.29 is 13.9 Å². The maximum Gasteiger partial charge on any atom is 0.169 e. The number of rotatable bonds is 5. The lowest BCUT2D eigenvalue weighted by molar-refractivity contribution is 0.355. The van der Waals surface area contributed by atoms with E-state index in [9.17, 15) is 4.39 Å². The summed E-state index contributed by atoms with van der Waals surface area (Å²) in [6.45, 7) is 2.54. The number of methoxy groups -OCH3 is 2. The molecule has 0 bridgehead atoms. The Kier molecular flexibility index (Phi) is 5.34. The summed E-state index contributed by atoms with van der Waals surface area (Å²) in [5, 5.41) is 6.79. The van der Waals surface area contributed by atoms with Crippen LogP contribution in [-0.2, 0) is 0 Å². The number of halogens is 1. The van der Waals surface area contributed by atoms with Gasteiger partial charge in [-0.2, -0.15) is 0 Å². The zero-order valence-electron chi connectivity index (χ0n) is 16.2. The molecule has 0 amide bonds. The molecule has 2 N–H and O–H groups in total. The summed E-state index contributed by atoms with van der Waals surface area (Å²) in [5.74, 6) is 1.28. The van der Waals surface area contributed by atoms with Crippen molar-refractivity contribution in [3.8, 4) is 11.5 Å². The van der Waals surface area contributed by atoms with Crippen LogP contribution in [0.2, 0.25) is 0 Å². The summed E-state index contributed by atoms with van der Waals surface area (Å²) in [4.78, 5) is 6.39. The second-order valence-electron chi connectivity index (χ2n) is 6.99. The standard InChI is InChI=1S/C21H25FN4O2/c1-27-19-4-3-14(11-20(19)28-2)18-7-10-26-13-16(12-17(22)21(26)25-18)24-15-5-8-23-9-6-15/h3-4,7,11-13,15,23-24H,5-6,8-10H2,1-2H3. The predicted molar refractivity (Wildman–Crippen MR) is 108 cm³/mol. The maximum atomic E-state index is 14.8. The number of allylic oxidation sites excluding steroid dienone is 1. The zero-order chi connectivity index (χ0) is 19.5. The molecule has 6 nitrogen and oxygen atoms in total. The van der Waals surface area contributed by atoms with Crippen LogP contribution in [0.5, 0.6) is 11.5 Å². The molecule has 0 radical (unpaired) electrons. The summed E-state index contributed by atoms with van der Waals surface area (Å²) >= 11 is 0. The van der Waals surface area contributed by atoms with Crippen LogP contribution in [0.3, 0.4) is 0 Å². The molecule has 1 fully saturated rings. The molecular weight excluding hydrogens is 359 g/mol. The fourth-order valence-electron chi connectivity index (χ4n) is 3.66. The van der Waals surface area contributed by atoms with E-state index in [1.165, 1.54) is 6.08 Å². The number of benzene rings is 1. The van der Waals surface area contributed by atoms with Gasteiger partial charge in [-0.1, -0.05) is 0 Å². The summed E-state index contributed by atoms with van der Waals surface area (Å²) < 4.78 is 25.4. The Balaban J connectivity index is 1.53. The Hall–Kier alpha value is -2.80. The Bertz CT molecular complexity index is 869. The van der Waals surface area contributed by atoms with E-state index < -0.39 is 0 Å². The Morgan fingerprint density at radius 2 is 1.96 bits per heavy atom. The highest BCUT2D eigenvalue weighted by molar-refractivity contribution is 6.02. The van der Waals surface area contributed by atoms with Crippen LogP contribution in [0, 0.1) is 0 Å². The first-order valence-corrected chi connectivity index (χ1v) is 9.52. The van der Waals surface area contributed by atoms with E-state index in [2.05, 4.69) is 15.6 Å². The summed E-state index contributed by atoms with van der Waals surface area (Å²) in [6.07, 6.45) is 7.54. The molecule has 0 unspecified atom stereocenters. The van der Waals surface area contributed by atoms with Crippen LogP contribution in [-0.4, -0.2) is 50.6 Å². The minimum Gasteiger partial charge on any atom is -0.493 e. The lowest BCUT2D eigenvalue weighted by atomic mass is 10.1. The highest BCUT2D eigenvalue weighted by Gasteiger charge is 2.25. The van der Waals surface area contributed by atoms with Gasteiger partial charge in [0.15, 0.2) is 23.2 Å². The van der Waals surface area contributed by atoms with E-state index >= 15 is 0 Å². The van der Waals surface area contributed by atoms with E-state index in [4.69, 9.17) is 9.47 Å². The Morgan fingerprint density at radius 1 is 1.18 bits per heavy atom. The van der Waals surface area contributed by atoms with Crippen molar-refractivity contribution in [3.63, 3.8) is 0 Å². The van der Waals surface area contributed by atoms with Gasteiger partial charge in [-0.25, -0.2) is 9.38 Å². The van der Waals surface area contributed by atoms with Gasteiger partial charge in [-0.3, -0.25) is 0 Å². The molecule has 1 saturated heterocycles. The largest absolute Gasteiger partial charge is 0.493 e. The van der Waals surface area contributed by atoms with Crippen LogP contribution >= 0.6 is 0 Å². The number of ether oxygens (including phenoxy) is 2. The first-order chi connectivity index (χ1) is 13.7. The molecule has 0 aliphatic carbocycles. The smallest absolute Gasteiger partial charge is 0.169 e. The van der Waals surface area contributed by atoms with E-state index in [0.717, 1.165) is 42.9 Å². The third-order valence-corrected chi connectivity index (χ3v) is 5.16. The van der Waals surface area contributed by atoms with Crippen LogP contribution in [0.1, 0.15) is 18.4 Å². The summed E-state index contributed by atoms with van der Waals surface area (Å²) in [5.41, 5.74) is 2.38. The van der Waals surface area contributed by atoms with Crippen molar-refractivity contribution in [1.82, 2.24) is 15.5 Å². The minimum atomic E-state index is -0.329. The number of fused-ring (bicyclic) bond motifs is 1. The number of hydrogen-bond acceptors (Lipinski definition) is 6. The van der Waals surface area contributed by atoms with Crippen molar-refractivity contribution in [2.75, 3.05) is 33.9 Å². The number of hydrogen-bond donors (Lipinski definition) is 2. The van der Waals surface area contributed by atoms with Crippen molar-refractivity contribution in [2.45, 2.75) is 18.9 Å². The van der Waals surface area contributed by atoms with Gasteiger partial charge in [0, 0.05) is 30.4 Å². The molecule has 3 aliphatic rings. The van der Waals surface area contributed by atoms with Gasteiger partial charge in [0.25, 0.3) is 0 Å². The lowest BCUT2D eigenvalue weighted by Crippen LogP contribution is -2.41. The molecule has 3 aliphatic heterocycles. The van der Waals surface area contributed by atoms with Crippen LogP contribution in [0.4, 0.5) is 4.39 Å². The van der Waals surface area contributed by atoms with E-state index in [-0.39, 0.29) is 5.83 Å². The fraction of sp³-hybridized carbons (Fsp3) is 0.381. The Morgan fingerprint density at radius 3 is 2.71 bits per heavy atom. The third-order valence-electron chi connectivity index (χ3n) is 5.16. The first kappa shape index (κ1) is 18.6. The van der Waals surface area contributed by atoms with Crippen molar-refractivity contribution in [3.05, 3.63) is 53.6 Å². The highest BCUT2D eigenvalue weighted by atomic mass is 19.1. The van der Waals surface area contributed by atoms with Crippen LogP contribution in [0.25, 0.3) is 5.70 Å². The zero-order valence-corrected chi connectivity index (χ0v) is 16.2. The molecule has 4 rings (SSSR count). The SMILES string of the molecule is COc1ccc(C2=CCN3C=C(NC4CCNCC4)C=C(F)C3=N2)cc1OC. The molecule has 1 aromatic rings. The lowest BCUT2D eigenvalue weighted by Gasteiger charge is -2.31. The van der Waals surface area contributed by atoms with Gasteiger partial charge < -0.3 is 25.0 Å². The number of piperidine rings is 1. The number of aliphatic imine (C=N–C) groups is 1. The highest BCUT2D eigenvalue weighted by Crippen LogP contribution is 2.33. The minimum absolute atomic E-state index is 0.329. The summed E-state index contributed by atoms with van der Waals surface area (Å²) in [6, 6.07) is 5.96. The molecule has 28 heavy (non-hydrogen) atoms. The first-order valence-electron chi connectivity index (χ1n) is 9.52. The monoisotopic (exact) mass is 384 g/mol. The molecule has 0 saturated carbocycles. The van der Waals surface area contributed by atoms with Gasteiger partial charge in [0.05, 0.1) is 25.6 Å². The summed E-state index contributed by atoms with van der Waals surface area (Å²) in [7, 11) is 3.19. The number of nitrogens with one attached hydrogen (secondary N) is 2. The molecule has 3 heterocycles. The van der Waals surface area contributed by atoms with Crippen molar-refractivity contribution in [2.24, 2.45) is 4.99 Å². The van der Waals surface area contributed by atoms with Gasteiger partial charge >= 0.3 is 0 Å².